The quantitative estimate of drug-likeness (QED) is 0.527. The molecule has 134 valence electrons. The van der Waals surface area contributed by atoms with Crippen LogP contribution in [-0.2, 0) is 14.8 Å². The lowest BCUT2D eigenvalue weighted by Crippen LogP contribution is -2.41. The van der Waals surface area contributed by atoms with Crippen LogP contribution in [0.3, 0.4) is 0 Å². The molecule has 1 aromatic carbocycles. The molecule has 24 heavy (non-hydrogen) atoms. The fraction of sp³-hybridized carbons (Fsp3) is 0.462. The number of sulfonamides is 1. The van der Waals surface area contributed by atoms with Crippen LogP contribution in [0.2, 0.25) is 0 Å². The van der Waals surface area contributed by atoms with Gasteiger partial charge in [0.1, 0.15) is 6.04 Å². The van der Waals surface area contributed by atoms with Crippen LogP contribution in [-0.4, -0.2) is 37.6 Å². The number of carbonyl (C=O) groups is 1. The summed E-state index contributed by atoms with van der Waals surface area (Å²) in [6.45, 7) is 3.39. The Kier molecular flexibility index (Phi) is 6.21. The number of nitrogens with zero attached hydrogens (tertiary/aromatic N) is 1. The lowest BCUT2D eigenvalue weighted by atomic mass is 10.1. The van der Waals surface area contributed by atoms with E-state index in [1.807, 2.05) is 4.72 Å². The van der Waals surface area contributed by atoms with Gasteiger partial charge in [0.05, 0.1) is 16.9 Å². The SMILES string of the molecule is COc1c(F)cc(S(=O)(=O)NC(CC(C)C)C(=O)O)cc1[N+](=O)[O-]. The molecule has 0 bridgehead atoms. The van der Waals surface area contributed by atoms with Gasteiger partial charge in [-0.2, -0.15) is 4.72 Å². The fourth-order valence-electron chi connectivity index (χ4n) is 1.97. The number of hydrogen-bond acceptors (Lipinski definition) is 6. The minimum Gasteiger partial charge on any atom is -0.488 e. The number of carboxylic acids is 1. The monoisotopic (exact) mass is 364 g/mol. The molecule has 1 aromatic rings. The number of methoxy groups -OCH3 is 1. The Balaban J connectivity index is 3.32. The van der Waals surface area contributed by atoms with Crippen molar-refractivity contribution in [2.75, 3.05) is 7.11 Å². The summed E-state index contributed by atoms with van der Waals surface area (Å²) in [5.41, 5.74) is -0.881. The zero-order chi connectivity index (χ0) is 18.7. The van der Waals surface area contributed by atoms with Crippen molar-refractivity contribution in [3.8, 4) is 5.75 Å². The lowest BCUT2D eigenvalue weighted by molar-refractivity contribution is -0.386. The normalized spacial score (nSPS) is 12.9. The number of rotatable bonds is 8. The number of nitro groups is 1. The van der Waals surface area contributed by atoms with Crippen molar-refractivity contribution in [2.24, 2.45) is 5.92 Å². The minimum absolute atomic E-state index is 0.00467. The Labute approximate surface area is 137 Å². The average molecular weight is 364 g/mol. The Morgan fingerprint density at radius 2 is 2.04 bits per heavy atom. The lowest BCUT2D eigenvalue weighted by Gasteiger charge is -2.17. The number of ether oxygens (including phenoxy) is 1. The first-order valence-electron chi connectivity index (χ1n) is 6.76. The summed E-state index contributed by atoms with van der Waals surface area (Å²) in [6.07, 6.45) is -0.00467. The van der Waals surface area contributed by atoms with E-state index in [1.54, 1.807) is 13.8 Å². The second kappa shape index (κ2) is 7.53. The molecular formula is C13H17FN2O7S. The maximum atomic E-state index is 13.9. The van der Waals surface area contributed by atoms with Gasteiger partial charge in [-0.3, -0.25) is 14.9 Å². The molecule has 0 amide bonds. The Morgan fingerprint density at radius 1 is 1.46 bits per heavy atom. The van der Waals surface area contributed by atoms with Gasteiger partial charge < -0.3 is 9.84 Å². The number of halogens is 1. The van der Waals surface area contributed by atoms with Crippen LogP contribution < -0.4 is 9.46 Å². The van der Waals surface area contributed by atoms with E-state index in [0.717, 1.165) is 7.11 Å². The highest BCUT2D eigenvalue weighted by Gasteiger charge is 2.30. The summed E-state index contributed by atoms with van der Waals surface area (Å²) in [6, 6.07) is -0.305. The van der Waals surface area contributed by atoms with Crippen LogP contribution >= 0.6 is 0 Å². The van der Waals surface area contributed by atoms with Crippen molar-refractivity contribution in [2.45, 2.75) is 31.2 Å². The molecule has 11 heteroatoms. The maximum Gasteiger partial charge on any atom is 0.321 e. The van der Waals surface area contributed by atoms with Crippen LogP contribution in [0.4, 0.5) is 10.1 Å². The molecule has 2 N–H and O–H groups in total. The number of benzene rings is 1. The average Bonchev–Trinajstić information content (AvgIpc) is 2.44. The third-order valence-corrected chi connectivity index (χ3v) is 4.46. The topological polar surface area (TPSA) is 136 Å². The minimum atomic E-state index is -4.48. The zero-order valence-corrected chi connectivity index (χ0v) is 14.0. The van der Waals surface area contributed by atoms with E-state index in [-0.39, 0.29) is 12.3 Å². The molecule has 0 aliphatic carbocycles. The van der Waals surface area contributed by atoms with Crippen molar-refractivity contribution < 1.29 is 32.4 Å². The Morgan fingerprint density at radius 3 is 2.46 bits per heavy atom. The third kappa shape index (κ3) is 4.61. The van der Waals surface area contributed by atoms with Gasteiger partial charge in [0.15, 0.2) is 5.82 Å². The first-order chi connectivity index (χ1) is 11.0. The highest BCUT2D eigenvalue weighted by atomic mass is 32.2. The standard InChI is InChI=1S/C13H17FN2O7S/c1-7(2)4-10(13(17)18)15-24(21,22)8-5-9(14)12(23-3)11(6-8)16(19)20/h5-7,10,15H,4H2,1-3H3,(H,17,18). The van der Waals surface area contributed by atoms with Crippen LogP contribution in [0.1, 0.15) is 20.3 Å². The Bertz CT molecular complexity index is 749. The van der Waals surface area contributed by atoms with E-state index in [1.165, 1.54) is 0 Å². The molecule has 1 rings (SSSR count). The number of aliphatic carboxylic acids is 1. The maximum absolute atomic E-state index is 13.9. The summed E-state index contributed by atoms with van der Waals surface area (Å²) in [7, 11) is -3.48. The summed E-state index contributed by atoms with van der Waals surface area (Å²) in [4.78, 5) is 20.3. The summed E-state index contributed by atoms with van der Waals surface area (Å²) < 4.78 is 44.8. The van der Waals surface area contributed by atoms with Gasteiger partial charge in [0, 0.05) is 6.07 Å². The molecule has 0 heterocycles. The first kappa shape index (κ1) is 19.8. The van der Waals surface area contributed by atoms with Crippen LogP contribution in [0, 0.1) is 21.8 Å². The van der Waals surface area contributed by atoms with Gasteiger partial charge in [-0.15, -0.1) is 0 Å². The van der Waals surface area contributed by atoms with Crippen LogP contribution in [0.5, 0.6) is 5.75 Å². The van der Waals surface area contributed by atoms with E-state index < -0.39 is 49.1 Å². The van der Waals surface area contributed by atoms with Gasteiger partial charge in [0.2, 0.25) is 15.8 Å². The molecule has 0 saturated carbocycles. The van der Waals surface area contributed by atoms with E-state index in [2.05, 4.69) is 4.74 Å². The highest BCUT2D eigenvalue weighted by Crippen LogP contribution is 2.32. The smallest absolute Gasteiger partial charge is 0.321 e. The van der Waals surface area contributed by atoms with Crippen LogP contribution in [0.15, 0.2) is 17.0 Å². The molecule has 0 aromatic heterocycles. The van der Waals surface area contributed by atoms with Crippen molar-refractivity contribution in [1.82, 2.24) is 4.72 Å². The van der Waals surface area contributed by atoms with Crippen molar-refractivity contribution in [3.63, 3.8) is 0 Å². The van der Waals surface area contributed by atoms with E-state index in [0.29, 0.717) is 12.1 Å². The molecule has 0 spiro atoms. The largest absolute Gasteiger partial charge is 0.488 e. The Hall–Kier alpha value is -2.27. The van der Waals surface area contributed by atoms with Gasteiger partial charge >= 0.3 is 11.7 Å². The van der Waals surface area contributed by atoms with E-state index >= 15 is 0 Å². The summed E-state index contributed by atoms with van der Waals surface area (Å²) in [5.74, 6) is -3.50. The van der Waals surface area contributed by atoms with Crippen LogP contribution in [0.25, 0.3) is 0 Å². The molecule has 1 atom stereocenters. The second-order valence-electron chi connectivity index (χ2n) is 5.36. The van der Waals surface area contributed by atoms with Crippen molar-refractivity contribution >= 4 is 21.7 Å². The molecule has 0 saturated heterocycles. The molecule has 9 nitrogen and oxygen atoms in total. The van der Waals surface area contributed by atoms with Gasteiger partial charge in [0.25, 0.3) is 0 Å². The molecular weight excluding hydrogens is 347 g/mol. The van der Waals surface area contributed by atoms with E-state index in [9.17, 15) is 27.7 Å². The molecule has 0 aliphatic heterocycles. The highest BCUT2D eigenvalue weighted by molar-refractivity contribution is 7.89. The van der Waals surface area contributed by atoms with Gasteiger partial charge in [-0.25, -0.2) is 12.8 Å². The number of hydrogen-bond donors (Lipinski definition) is 2. The number of carboxylic acid groups (broad SMARTS) is 1. The first-order valence-corrected chi connectivity index (χ1v) is 8.25. The fourth-order valence-corrected chi connectivity index (χ4v) is 3.21. The van der Waals surface area contributed by atoms with Gasteiger partial charge in [-0.05, 0) is 18.4 Å². The predicted octanol–water partition coefficient (Wildman–Crippen LogP) is 1.52. The van der Waals surface area contributed by atoms with Crippen molar-refractivity contribution in [3.05, 3.63) is 28.1 Å². The molecule has 0 aliphatic rings. The molecule has 1 unspecified atom stereocenters. The van der Waals surface area contributed by atoms with E-state index in [4.69, 9.17) is 5.11 Å². The second-order valence-corrected chi connectivity index (χ2v) is 7.07. The van der Waals surface area contributed by atoms with Crippen molar-refractivity contribution in [1.29, 1.82) is 0 Å². The number of nitro benzene ring substituents is 1. The zero-order valence-electron chi connectivity index (χ0n) is 13.1. The summed E-state index contributed by atoms with van der Waals surface area (Å²) in [5, 5.41) is 20.0. The third-order valence-electron chi connectivity index (χ3n) is 3.01. The summed E-state index contributed by atoms with van der Waals surface area (Å²) >= 11 is 0. The molecule has 0 radical (unpaired) electrons. The van der Waals surface area contributed by atoms with Gasteiger partial charge in [-0.1, -0.05) is 13.8 Å². The predicted molar refractivity (Wildman–Crippen MR) is 80.8 cm³/mol. The number of nitrogens with one attached hydrogen (secondary N) is 1. The molecule has 0 fully saturated rings.